The Hall–Kier alpha value is -3.40. The maximum absolute atomic E-state index is 13.6. The van der Waals surface area contributed by atoms with E-state index in [1.165, 1.54) is 19.1 Å². The standard InChI is InChI=1S/C30H35F3N2O5/c1-20(36)40-19-26(37)34(3)29(23-7-5-4-6-8-23)17-15-25(16-18-29)35(24-13-14-24)27(38)21-9-11-22(12-10-21)28(2,39)30(31,32)33/h4-12,24-25,39H,13-19H2,1-3H3/t25?,28-,29?/m0/s1. The number of nitrogens with zero attached hydrogens (tertiary/aromatic N) is 2. The van der Waals surface area contributed by atoms with Gasteiger partial charge in [0, 0.05) is 31.6 Å². The highest BCUT2D eigenvalue weighted by Crippen LogP contribution is 2.45. The smallest absolute Gasteiger partial charge is 0.421 e. The van der Waals surface area contributed by atoms with Gasteiger partial charge in [-0.05, 0) is 68.7 Å². The van der Waals surface area contributed by atoms with Crippen molar-refractivity contribution >= 4 is 17.8 Å². The van der Waals surface area contributed by atoms with Crippen molar-refractivity contribution in [1.29, 1.82) is 0 Å². The number of esters is 1. The highest BCUT2D eigenvalue weighted by atomic mass is 19.4. The van der Waals surface area contributed by atoms with Crippen LogP contribution >= 0.6 is 0 Å². The average Bonchev–Trinajstić information content (AvgIpc) is 3.77. The molecule has 7 nitrogen and oxygen atoms in total. The Bertz CT molecular complexity index is 1220. The molecule has 2 saturated carbocycles. The van der Waals surface area contributed by atoms with Crippen LogP contribution in [0.25, 0.3) is 0 Å². The van der Waals surface area contributed by atoms with E-state index in [2.05, 4.69) is 0 Å². The predicted molar refractivity (Wildman–Crippen MR) is 141 cm³/mol. The maximum Gasteiger partial charge on any atom is 0.421 e. The van der Waals surface area contributed by atoms with Crippen molar-refractivity contribution in [2.24, 2.45) is 0 Å². The summed E-state index contributed by atoms with van der Waals surface area (Å²) in [4.78, 5) is 41.4. The molecule has 2 amide bonds. The van der Waals surface area contributed by atoms with Crippen molar-refractivity contribution in [3.05, 3.63) is 71.3 Å². The first-order chi connectivity index (χ1) is 18.8. The third-order valence-corrected chi connectivity index (χ3v) is 8.32. The van der Waals surface area contributed by atoms with Crippen LogP contribution in [0.3, 0.4) is 0 Å². The molecule has 0 bridgehead atoms. The minimum absolute atomic E-state index is 0.0583. The van der Waals surface area contributed by atoms with Crippen LogP contribution < -0.4 is 0 Å². The Morgan fingerprint density at radius 3 is 2.00 bits per heavy atom. The van der Waals surface area contributed by atoms with Gasteiger partial charge in [0.25, 0.3) is 11.8 Å². The van der Waals surface area contributed by atoms with Crippen molar-refractivity contribution < 1.29 is 37.4 Å². The molecular weight excluding hydrogens is 525 g/mol. The molecule has 2 aromatic carbocycles. The van der Waals surface area contributed by atoms with Gasteiger partial charge in [-0.25, -0.2) is 0 Å². The van der Waals surface area contributed by atoms with E-state index in [1.54, 1.807) is 11.9 Å². The Labute approximate surface area is 231 Å². The Kier molecular flexibility index (Phi) is 8.31. The largest absolute Gasteiger partial charge is 0.456 e. The van der Waals surface area contributed by atoms with Crippen LogP contribution in [0.1, 0.15) is 73.9 Å². The SMILES string of the molecule is CC(=O)OCC(=O)N(C)C1(c2ccccc2)CCC(N(C(=O)c2ccc([C@](C)(O)C(F)(F)F)cc2)C2CC2)CC1. The molecule has 0 radical (unpaired) electrons. The molecular formula is C30H35F3N2O5. The molecule has 2 aliphatic carbocycles. The summed E-state index contributed by atoms with van der Waals surface area (Å²) < 4.78 is 44.7. The molecule has 4 rings (SSSR count). The van der Waals surface area contributed by atoms with Crippen LogP contribution in [-0.4, -0.2) is 64.6 Å². The first-order valence-corrected chi connectivity index (χ1v) is 13.5. The molecule has 0 unspecified atom stereocenters. The van der Waals surface area contributed by atoms with Gasteiger partial charge < -0.3 is 19.6 Å². The second-order valence-corrected chi connectivity index (χ2v) is 11.0. The Morgan fingerprint density at radius 2 is 1.50 bits per heavy atom. The Morgan fingerprint density at radius 1 is 0.950 bits per heavy atom. The predicted octanol–water partition coefficient (Wildman–Crippen LogP) is 4.92. The lowest BCUT2D eigenvalue weighted by atomic mass is 9.73. The summed E-state index contributed by atoms with van der Waals surface area (Å²) in [5.74, 6) is -1.10. The number of aliphatic hydroxyl groups is 1. The number of rotatable bonds is 8. The molecule has 2 fully saturated rings. The van der Waals surface area contributed by atoms with Crippen molar-refractivity contribution in [3.63, 3.8) is 0 Å². The molecule has 0 saturated heterocycles. The molecule has 0 aromatic heterocycles. The summed E-state index contributed by atoms with van der Waals surface area (Å²) in [6.45, 7) is 1.59. The van der Waals surface area contributed by atoms with Gasteiger partial charge in [0.1, 0.15) is 0 Å². The van der Waals surface area contributed by atoms with E-state index < -0.39 is 23.3 Å². The number of alkyl halides is 3. The first-order valence-electron chi connectivity index (χ1n) is 13.5. The van der Waals surface area contributed by atoms with Gasteiger partial charge in [-0.2, -0.15) is 13.2 Å². The van der Waals surface area contributed by atoms with E-state index in [4.69, 9.17) is 4.74 Å². The topological polar surface area (TPSA) is 87.2 Å². The van der Waals surface area contributed by atoms with Gasteiger partial charge in [0.05, 0.1) is 5.54 Å². The summed E-state index contributed by atoms with van der Waals surface area (Å²) in [5.41, 5.74) is -2.77. The van der Waals surface area contributed by atoms with E-state index in [-0.39, 0.29) is 41.6 Å². The van der Waals surface area contributed by atoms with Gasteiger partial charge >= 0.3 is 12.1 Å². The number of ether oxygens (including phenoxy) is 1. The fourth-order valence-corrected chi connectivity index (χ4v) is 5.66. The van der Waals surface area contributed by atoms with Crippen LogP contribution in [0.15, 0.2) is 54.6 Å². The number of carbonyl (C=O) groups is 3. The summed E-state index contributed by atoms with van der Waals surface area (Å²) >= 11 is 0. The number of benzene rings is 2. The van der Waals surface area contributed by atoms with E-state index >= 15 is 0 Å². The number of carbonyl (C=O) groups excluding carboxylic acids is 3. The van der Waals surface area contributed by atoms with E-state index in [9.17, 15) is 32.7 Å². The second kappa shape index (κ2) is 11.2. The van der Waals surface area contributed by atoms with Gasteiger partial charge in [0.15, 0.2) is 12.2 Å². The van der Waals surface area contributed by atoms with Gasteiger partial charge in [0.2, 0.25) is 0 Å². The zero-order valence-electron chi connectivity index (χ0n) is 22.9. The highest BCUT2D eigenvalue weighted by Gasteiger charge is 2.51. The fourth-order valence-electron chi connectivity index (χ4n) is 5.66. The Balaban J connectivity index is 1.54. The summed E-state index contributed by atoms with van der Waals surface area (Å²) in [6, 6.07) is 14.6. The highest BCUT2D eigenvalue weighted by molar-refractivity contribution is 5.95. The fraction of sp³-hybridized carbons (Fsp3) is 0.500. The molecule has 1 N–H and O–H groups in total. The quantitative estimate of drug-likeness (QED) is 0.463. The molecule has 10 heteroatoms. The zero-order valence-corrected chi connectivity index (χ0v) is 22.9. The lowest BCUT2D eigenvalue weighted by molar-refractivity contribution is -0.258. The van der Waals surface area contributed by atoms with E-state index in [0.717, 1.165) is 30.5 Å². The van der Waals surface area contributed by atoms with Crippen LogP contribution in [0.2, 0.25) is 0 Å². The normalized spacial score (nSPS) is 22.6. The maximum atomic E-state index is 13.6. The summed E-state index contributed by atoms with van der Waals surface area (Å²) in [5, 5.41) is 9.98. The van der Waals surface area contributed by atoms with Gasteiger partial charge in [-0.15, -0.1) is 0 Å². The number of hydrogen-bond donors (Lipinski definition) is 1. The zero-order chi connectivity index (χ0) is 29.3. The van der Waals surface area contributed by atoms with Gasteiger partial charge in [-0.1, -0.05) is 42.5 Å². The summed E-state index contributed by atoms with van der Waals surface area (Å²) in [7, 11) is 1.71. The molecule has 216 valence electrons. The van der Waals surface area contributed by atoms with Crippen LogP contribution in [0.5, 0.6) is 0 Å². The van der Waals surface area contributed by atoms with Crippen LogP contribution in [0.4, 0.5) is 13.2 Å². The van der Waals surface area contributed by atoms with E-state index in [0.29, 0.717) is 32.6 Å². The van der Waals surface area contributed by atoms with Crippen LogP contribution in [-0.2, 0) is 25.5 Å². The number of likely N-dealkylation sites (N-methyl/N-ethyl adjacent to an activating group) is 1. The third kappa shape index (κ3) is 5.87. The van der Waals surface area contributed by atoms with E-state index in [1.807, 2.05) is 35.2 Å². The lowest BCUT2D eigenvalue weighted by Crippen LogP contribution is -2.54. The first kappa shape index (κ1) is 29.6. The molecule has 1 atom stereocenters. The minimum Gasteiger partial charge on any atom is -0.456 e. The minimum atomic E-state index is -4.85. The number of amides is 2. The molecule has 2 aromatic rings. The molecule has 0 aliphatic heterocycles. The monoisotopic (exact) mass is 560 g/mol. The molecule has 0 spiro atoms. The second-order valence-electron chi connectivity index (χ2n) is 11.0. The van der Waals surface area contributed by atoms with Crippen LogP contribution in [0, 0.1) is 0 Å². The average molecular weight is 561 g/mol. The van der Waals surface area contributed by atoms with Gasteiger partial charge in [-0.3, -0.25) is 14.4 Å². The number of halogens is 3. The van der Waals surface area contributed by atoms with Crippen molar-refractivity contribution in [3.8, 4) is 0 Å². The lowest BCUT2D eigenvalue weighted by Gasteiger charge is -2.48. The molecule has 40 heavy (non-hydrogen) atoms. The van der Waals surface area contributed by atoms with Crippen molar-refractivity contribution in [1.82, 2.24) is 9.80 Å². The van der Waals surface area contributed by atoms with Crippen molar-refractivity contribution in [2.45, 2.75) is 81.8 Å². The number of hydrogen-bond acceptors (Lipinski definition) is 5. The third-order valence-electron chi connectivity index (χ3n) is 8.32. The summed E-state index contributed by atoms with van der Waals surface area (Å²) in [6.07, 6.45) is -0.756. The molecule has 0 heterocycles. The molecule has 2 aliphatic rings. The van der Waals surface area contributed by atoms with Crippen molar-refractivity contribution in [2.75, 3.05) is 13.7 Å².